The maximum Gasteiger partial charge on any atom is 0.347 e. The van der Waals surface area contributed by atoms with Gasteiger partial charge in [0.05, 0.1) is 0 Å². The molecule has 0 heterocycles. The molecule has 4 nitrogen and oxygen atoms in total. The first-order valence-electron chi connectivity index (χ1n) is 20.1. The van der Waals surface area contributed by atoms with Crippen LogP contribution in [0.5, 0.6) is 0 Å². The number of hydrogen-bond acceptors (Lipinski definition) is 4. The van der Waals surface area contributed by atoms with Crippen molar-refractivity contribution in [3.05, 3.63) is 0 Å². The second-order valence-electron chi connectivity index (χ2n) is 13.9. The molecule has 0 bridgehead atoms. The molecule has 0 saturated heterocycles. The average molecular weight is 649 g/mol. The Balaban J connectivity index is 5.68. The maximum absolute atomic E-state index is 14.1. The zero-order valence-electron chi connectivity index (χ0n) is 30.8. The second-order valence-corrected chi connectivity index (χ2v) is 17.7. The van der Waals surface area contributed by atoms with Gasteiger partial charge in [0.25, 0.3) is 0 Å². The molecule has 5 heteroatoms. The van der Waals surface area contributed by atoms with E-state index in [1.54, 1.807) is 0 Å². The van der Waals surface area contributed by atoms with Gasteiger partial charge in [0.1, 0.15) is 21.6 Å². The van der Waals surface area contributed by atoms with Gasteiger partial charge >= 0.3 is 8.07 Å². The van der Waals surface area contributed by atoms with E-state index in [0.29, 0.717) is 25.7 Å². The number of rotatable bonds is 36. The van der Waals surface area contributed by atoms with Crippen LogP contribution >= 0.6 is 0 Å². The highest BCUT2D eigenvalue weighted by atomic mass is 28.3. The molecule has 264 valence electrons. The van der Waals surface area contributed by atoms with Crippen molar-refractivity contribution in [3.8, 4) is 0 Å². The van der Waals surface area contributed by atoms with E-state index in [2.05, 4.69) is 27.7 Å². The van der Waals surface area contributed by atoms with Crippen molar-refractivity contribution in [2.24, 2.45) is 0 Å². The van der Waals surface area contributed by atoms with Crippen LogP contribution < -0.4 is 0 Å². The summed E-state index contributed by atoms with van der Waals surface area (Å²) in [5.74, 6) is 0. The van der Waals surface area contributed by atoms with Crippen LogP contribution in [0.3, 0.4) is 0 Å². The van der Waals surface area contributed by atoms with Crippen LogP contribution in [0.1, 0.15) is 233 Å². The lowest BCUT2D eigenvalue weighted by atomic mass is 10.1. The number of unbranched alkanes of at least 4 members (excludes halogenated alkanes) is 24. The SMILES string of the molecule is CCCCCCCCCC(=O)[Si](C(=O)CCCCCCCCC)(C(=O)CCCCCCCCC)C(=O)CCCCCCCCC. The summed E-state index contributed by atoms with van der Waals surface area (Å²) < 4.78 is 0. The highest BCUT2D eigenvalue weighted by Gasteiger charge is 2.59. The Morgan fingerprint density at radius 3 is 0.600 bits per heavy atom. The molecule has 0 spiro atoms. The summed E-state index contributed by atoms with van der Waals surface area (Å²) in [5.41, 5.74) is 0. The van der Waals surface area contributed by atoms with Crippen molar-refractivity contribution in [1.82, 2.24) is 0 Å². The van der Waals surface area contributed by atoms with E-state index >= 15 is 0 Å². The van der Waals surface area contributed by atoms with E-state index in [9.17, 15) is 19.2 Å². The van der Waals surface area contributed by atoms with Crippen LogP contribution in [-0.4, -0.2) is 29.7 Å². The minimum Gasteiger partial charge on any atom is -0.304 e. The summed E-state index contributed by atoms with van der Waals surface area (Å²) in [6.07, 6.45) is 31.0. The lowest BCUT2D eigenvalue weighted by Crippen LogP contribution is -2.65. The summed E-state index contributed by atoms with van der Waals surface area (Å²) in [5, 5.41) is -0.982. The Kier molecular flexibility index (Phi) is 30.7. The van der Waals surface area contributed by atoms with Gasteiger partial charge in [-0.1, -0.05) is 182 Å². The highest BCUT2D eigenvalue weighted by molar-refractivity contribution is 7.53. The van der Waals surface area contributed by atoms with Gasteiger partial charge in [0.15, 0.2) is 0 Å². The van der Waals surface area contributed by atoms with Crippen LogP contribution in [0.25, 0.3) is 0 Å². The van der Waals surface area contributed by atoms with Gasteiger partial charge in [-0.15, -0.1) is 0 Å². The predicted octanol–water partition coefficient (Wildman–Crippen LogP) is 12.4. The van der Waals surface area contributed by atoms with Crippen molar-refractivity contribution < 1.29 is 19.2 Å². The van der Waals surface area contributed by atoms with Gasteiger partial charge < -0.3 is 19.2 Å². The summed E-state index contributed by atoms with van der Waals surface area (Å²) >= 11 is 0. The molecule has 0 aromatic rings. The fourth-order valence-electron chi connectivity index (χ4n) is 6.65. The Labute approximate surface area is 281 Å². The molecule has 0 aliphatic rings. The molecule has 0 saturated carbocycles. The minimum absolute atomic E-state index is 0.230. The molecule has 0 aliphatic carbocycles. The molecule has 0 aromatic carbocycles. The fraction of sp³-hybridized carbons (Fsp3) is 0.900. The number of carbonyl (C=O) groups is 4. The zero-order valence-corrected chi connectivity index (χ0v) is 31.8. The Morgan fingerprint density at radius 2 is 0.422 bits per heavy atom. The van der Waals surface area contributed by atoms with Gasteiger partial charge in [-0.2, -0.15) is 0 Å². The Bertz CT molecular complexity index is 621. The molecule has 0 N–H and O–H groups in total. The van der Waals surface area contributed by atoms with E-state index in [-0.39, 0.29) is 47.3 Å². The molecule has 0 rings (SSSR count). The minimum atomic E-state index is -4.09. The van der Waals surface area contributed by atoms with Crippen molar-refractivity contribution in [2.75, 3.05) is 0 Å². The molecule has 0 amide bonds. The third-order valence-corrected chi connectivity index (χ3v) is 14.0. The molecule has 0 unspecified atom stereocenters. The van der Waals surface area contributed by atoms with Gasteiger partial charge in [0.2, 0.25) is 0 Å². The first-order valence-corrected chi connectivity index (χ1v) is 22.1. The smallest absolute Gasteiger partial charge is 0.304 e. The van der Waals surface area contributed by atoms with Crippen LogP contribution in [-0.2, 0) is 19.2 Å². The van der Waals surface area contributed by atoms with Crippen LogP contribution in [0.2, 0.25) is 0 Å². The zero-order chi connectivity index (χ0) is 33.4. The van der Waals surface area contributed by atoms with Crippen LogP contribution in [0, 0.1) is 0 Å². The third kappa shape index (κ3) is 20.7. The molecule has 0 aliphatic heterocycles. The highest BCUT2D eigenvalue weighted by Crippen LogP contribution is 2.25. The van der Waals surface area contributed by atoms with E-state index in [1.165, 1.54) is 77.0 Å². The lowest BCUT2D eigenvalue weighted by molar-refractivity contribution is -0.123. The van der Waals surface area contributed by atoms with Crippen LogP contribution in [0.4, 0.5) is 0 Å². The number of hydrogen-bond donors (Lipinski definition) is 0. The van der Waals surface area contributed by atoms with Crippen molar-refractivity contribution in [3.63, 3.8) is 0 Å². The van der Waals surface area contributed by atoms with Crippen molar-refractivity contribution in [1.29, 1.82) is 0 Å². The standard InChI is InChI=1S/C40H76O4Si/c1-5-9-13-17-21-25-29-33-37(41)45(38(42)34-30-26-22-18-14-10-6-2,39(43)35-31-27-23-19-15-11-7-3)40(44)36-32-28-24-20-16-12-8-4/h5-36H2,1-4H3. The topological polar surface area (TPSA) is 68.3 Å². The summed E-state index contributed by atoms with van der Waals surface area (Å²) in [6, 6.07) is 0. The predicted molar refractivity (Wildman–Crippen MR) is 196 cm³/mol. The second kappa shape index (κ2) is 31.5. The molecule has 0 atom stereocenters. The normalized spacial score (nSPS) is 11.6. The third-order valence-electron chi connectivity index (χ3n) is 9.70. The summed E-state index contributed by atoms with van der Waals surface area (Å²) in [7, 11) is -4.09. The van der Waals surface area contributed by atoms with E-state index in [0.717, 1.165) is 77.0 Å². The first-order chi connectivity index (χ1) is 21.9. The van der Waals surface area contributed by atoms with Gasteiger partial charge in [-0.3, -0.25) is 0 Å². The van der Waals surface area contributed by atoms with Gasteiger partial charge in [-0.25, -0.2) is 0 Å². The first kappa shape index (κ1) is 43.9. The summed E-state index contributed by atoms with van der Waals surface area (Å²) in [4.78, 5) is 56.6. The van der Waals surface area contributed by atoms with E-state index in [1.807, 2.05) is 0 Å². The molecule has 0 radical (unpaired) electrons. The quantitative estimate of drug-likeness (QED) is 0.0501. The lowest BCUT2D eigenvalue weighted by Gasteiger charge is -2.26. The van der Waals surface area contributed by atoms with Crippen LogP contribution in [0.15, 0.2) is 0 Å². The molecular formula is C40H76O4Si. The molecule has 0 fully saturated rings. The molecular weight excluding hydrogens is 573 g/mol. The van der Waals surface area contributed by atoms with Crippen molar-refractivity contribution >= 4 is 29.7 Å². The number of carbonyl (C=O) groups excluding carboxylic acids is 4. The summed E-state index contributed by atoms with van der Waals surface area (Å²) in [6.45, 7) is 8.83. The maximum atomic E-state index is 14.1. The molecule has 45 heavy (non-hydrogen) atoms. The molecule has 0 aromatic heterocycles. The fourth-order valence-corrected chi connectivity index (χ4v) is 10.7. The monoisotopic (exact) mass is 649 g/mol. The van der Waals surface area contributed by atoms with Crippen molar-refractivity contribution in [2.45, 2.75) is 233 Å². The average Bonchev–Trinajstić information content (AvgIpc) is 3.03. The van der Waals surface area contributed by atoms with E-state index < -0.39 is 8.07 Å². The Morgan fingerprint density at radius 1 is 0.267 bits per heavy atom. The van der Waals surface area contributed by atoms with Gasteiger partial charge in [-0.05, 0) is 25.7 Å². The largest absolute Gasteiger partial charge is 0.347 e. The van der Waals surface area contributed by atoms with Gasteiger partial charge in [0, 0.05) is 25.7 Å². The van der Waals surface area contributed by atoms with E-state index in [4.69, 9.17) is 0 Å². The Hall–Kier alpha value is -1.10.